The second-order valence-corrected chi connectivity index (χ2v) is 7.58. The molecule has 0 atom stereocenters. The minimum atomic E-state index is -0.415. The van der Waals surface area contributed by atoms with E-state index in [0.717, 1.165) is 41.5 Å². The first-order chi connectivity index (χ1) is 15.6. The van der Waals surface area contributed by atoms with E-state index in [4.69, 9.17) is 4.74 Å². The topological polar surface area (TPSA) is 48.2 Å². The highest BCUT2D eigenvalue weighted by atomic mass is 19.1. The molecule has 4 aromatic rings. The molecule has 5 rings (SSSR count). The third-order valence-corrected chi connectivity index (χ3v) is 5.74. The van der Waals surface area contributed by atoms with Crippen LogP contribution in [0.5, 0.6) is 5.75 Å². The van der Waals surface area contributed by atoms with Gasteiger partial charge in [-0.15, -0.1) is 0 Å². The largest absolute Gasteiger partial charge is 0.489 e. The van der Waals surface area contributed by atoms with Gasteiger partial charge in [-0.25, -0.2) is 4.39 Å². The molecule has 3 heterocycles. The summed E-state index contributed by atoms with van der Waals surface area (Å²) in [5, 5.41) is 4.25. The maximum Gasteiger partial charge on any atom is 0.258 e. The molecule has 1 aliphatic heterocycles. The second kappa shape index (κ2) is 9.40. The van der Waals surface area contributed by atoms with Crippen LogP contribution in [-0.4, -0.2) is 15.7 Å². The van der Waals surface area contributed by atoms with Crippen molar-refractivity contribution in [3.05, 3.63) is 93.8 Å². The van der Waals surface area contributed by atoms with Crippen molar-refractivity contribution in [1.82, 2.24) is 14.5 Å². The van der Waals surface area contributed by atoms with Crippen LogP contribution in [0.1, 0.15) is 30.7 Å². The standard InChI is InChI=1S/C24H22FN3O2.C2H6/c1-27-21-7-9-26-14-19(21)18-12-20(25)23(13-22(18)27)28-10-8-17(11-24(28)29)30-15-16-5-3-2-4-6-16;1-2/h2-6,8,10-13,26H,7,9,14-15H2,1H3;1-2H3. The Morgan fingerprint density at radius 3 is 2.62 bits per heavy atom. The van der Waals surface area contributed by atoms with Gasteiger partial charge < -0.3 is 14.6 Å². The Labute approximate surface area is 187 Å². The van der Waals surface area contributed by atoms with Crippen LogP contribution >= 0.6 is 0 Å². The van der Waals surface area contributed by atoms with Crippen LogP contribution in [0.25, 0.3) is 16.6 Å². The summed E-state index contributed by atoms with van der Waals surface area (Å²) in [6, 6.07) is 16.1. The summed E-state index contributed by atoms with van der Waals surface area (Å²) in [6.07, 6.45) is 2.47. The predicted molar refractivity (Wildman–Crippen MR) is 126 cm³/mol. The molecule has 2 aromatic heterocycles. The predicted octanol–water partition coefficient (Wildman–Crippen LogP) is 4.72. The van der Waals surface area contributed by atoms with Crippen LogP contribution in [0.4, 0.5) is 4.39 Å². The SMILES string of the molecule is CC.Cn1c2c(c3cc(F)c(-n4ccc(OCc5ccccc5)cc4=O)cc31)CNCC2. The lowest BCUT2D eigenvalue weighted by atomic mass is 10.1. The maximum atomic E-state index is 15.0. The number of aromatic nitrogens is 2. The molecule has 0 saturated heterocycles. The zero-order chi connectivity index (χ0) is 22.7. The number of nitrogens with one attached hydrogen (secondary N) is 1. The lowest BCUT2D eigenvalue weighted by molar-refractivity contribution is 0.305. The fourth-order valence-electron chi connectivity index (χ4n) is 4.18. The summed E-state index contributed by atoms with van der Waals surface area (Å²) in [5.74, 6) is 0.0449. The molecule has 0 radical (unpaired) electrons. The van der Waals surface area contributed by atoms with E-state index in [-0.39, 0.29) is 11.2 Å². The minimum absolute atomic E-state index is 0.244. The van der Waals surface area contributed by atoms with Gasteiger partial charge in [0.25, 0.3) is 5.56 Å². The molecule has 5 nitrogen and oxygen atoms in total. The number of halogens is 1. The Morgan fingerprint density at radius 1 is 1.09 bits per heavy atom. The summed E-state index contributed by atoms with van der Waals surface area (Å²) in [4.78, 5) is 12.7. The Hall–Kier alpha value is -3.38. The molecule has 6 heteroatoms. The van der Waals surface area contributed by atoms with Gasteiger partial charge in [-0.05, 0) is 29.3 Å². The van der Waals surface area contributed by atoms with Gasteiger partial charge in [0.05, 0.1) is 11.2 Å². The quantitative estimate of drug-likeness (QED) is 0.507. The number of benzene rings is 2. The van der Waals surface area contributed by atoms with E-state index in [2.05, 4.69) is 9.88 Å². The summed E-state index contributed by atoms with van der Waals surface area (Å²) in [6.45, 7) is 6.02. The fourth-order valence-corrected chi connectivity index (χ4v) is 4.18. The molecule has 0 aliphatic carbocycles. The van der Waals surface area contributed by atoms with E-state index in [9.17, 15) is 4.79 Å². The number of hydrogen-bond acceptors (Lipinski definition) is 3. The number of rotatable bonds is 4. The van der Waals surface area contributed by atoms with E-state index in [0.29, 0.717) is 12.4 Å². The summed E-state index contributed by atoms with van der Waals surface area (Å²) in [5.41, 5.74) is 4.21. The fraction of sp³-hybridized carbons (Fsp3) is 0.269. The van der Waals surface area contributed by atoms with E-state index in [1.165, 1.54) is 16.3 Å². The van der Waals surface area contributed by atoms with Gasteiger partial charge in [0.2, 0.25) is 0 Å². The van der Waals surface area contributed by atoms with Crippen LogP contribution in [0.3, 0.4) is 0 Å². The van der Waals surface area contributed by atoms with Gasteiger partial charge in [-0.1, -0.05) is 44.2 Å². The Morgan fingerprint density at radius 2 is 1.88 bits per heavy atom. The zero-order valence-electron chi connectivity index (χ0n) is 18.7. The number of pyridine rings is 1. The highest BCUT2D eigenvalue weighted by Crippen LogP contribution is 2.30. The van der Waals surface area contributed by atoms with E-state index in [1.807, 2.05) is 51.2 Å². The first kappa shape index (κ1) is 21.8. The molecule has 0 amide bonds. The van der Waals surface area contributed by atoms with Gasteiger partial charge in [-0.2, -0.15) is 0 Å². The van der Waals surface area contributed by atoms with Crippen molar-refractivity contribution in [3.8, 4) is 11.4 Å². The third kappa shape index (κ3) is 4.06. The molecule has 0 bridgehead atoms. The molecular formula is C26H28FN3O2. The molecular weight excluding hydrogens is 405 g/mol. The lowest BCUT2D eigenvalue weighted by Gasteiger charge is -2.14. The van der Waals surface area contributed by atoms with Crippen molar-refractivity contribution >= 4 is 10.9 Å². The normalized spacial score (nSPS) is 12.8. The van der Waals surface area contributed by atoms with Crippen molar-refractivity contribution in [3.63, 3.8) is 0 Å². The summed E-state index contributed by atoms with van der Waals surface area (Å²) < 4.78 is 24.2. The van der Waals surface area contributed by atoms with Crippen LogP contribution in [0, 0.1) is 5.82 Å². The van der Waals surface area contributed by atoms with Crippen molar-refractivity contribution in [2.75, 3.05) is 6.54 Å². The highest BCUT2D eigenvalue weighted by molar-refractivity contribution is 5.87. The average Bonchev–Trinajstić information content (AvgIpc) is 3.11. The second-order valence-electron chi connectivity index (χ2n) is 7.58. The molecule has 0 spiro atoms. The number of hydrogen-bond donors (Lipinski definition) is 1. The number of nitrogens with zero attached hydrogens (tertiary/aromatic N) is 2. The molecule has 0 saturated carbocycles. The van der Waals surface area contributed by atoms with Crippen LogP contribution in [0.15, 0.2) is 65.6 Å². The van der Waals surface area contributed by atoms with Gasteiger partial charge >= 0.3 is 0 Å². The smallest absolute Gasteiger partial charge is 0.258 e. The van der Waals surface area contributed by atoms with Crippen molar-refractivity contribution in [1.29, 1.82) is 0 Å². The molecule has 166 valence electrons. The van der Waals surface area contributed by atoms with Crippen LogP contribution < -0.4 is 15.6 Å². The van der Waals surface area contributed by atoms with E-state index < -0.39 is 5.82 Å². The highest BCUT2D eigenvalue weighted by Gasteiger charge is 2.20. The number of ether oxygens (including phenoxy) is 1. The van der Waals surface area contributed by atoms with Crippen LogP contribution in [-0.2, 0) is 26.6 Å². The molecule has 1 N–H and O–H groups in total. The average molecular weight is 434 g/mol. The van der Waals surface area contributed by atoms with Gasteiger partial charge in [0.1, 0.15) is 18.2 Å². The zero-order valence-corrected chi connectivity index (χ0v) is 18.7. The lowest BCUT2D eigenvalue weighted by Crippen LogP contribution is -2.24. The monoisotopic (exact) mass is 433 g/mol. The molecule has 2 aromatic carbocycles. The van der Waals surface area contributed by atoms with Gasteiger partial charge in [0, 0.05) is 49.9 Å². The number of fused-ring (bicyclic) bond motifs is 3. The van der Waals surface area contributed by atoms with E-state index in [1.54, 1.807) is 24.4 Å². The summed E-state index contributed by atoms with van der Waals surface area (Å²) in [7, 11) is 2.00. The van der Waals surface area contributed by atoms with Crippen molar-refractivity contribution in [2.45, 2.75) is 33.4 Å². The molecule has 0 unspecified atom stereocenters. The Balaban J connectivity index is 0.00000119. The van der Waals surface area contributed by atoms with Gasteiger partial charge in [0.15, 0.2) is 0 Å². The Kier molecular flexibility index (Phi) is 6.42. The van der Waals surface area contributed by atoms with Crippen molar-refractivity contribution < 1.29 is 9.13 Å². The molecule has 0 fully saturated rings. The van der Waals surface area contributed by atoms with Gasteiger partial charge in [-0.3, -0.25) is 9.36 Å². The number of aryl methyl sites for hydroxylation is 1. The summed E-state index contributed by atoms with van der Waals surface area (Å²) >= 11 is 0. The molecule has 1 aliphatic rings. The first-order valence-corrected chi connectivity index (χ1v) is 11.0. The maximum absolute atomic E-state index is 15.0. The van der Waals surface area contributed by atoms with Crippen LogP contribution in [0.2, 0.25) is 0 Å². The first-order valence-electron chi connectivity index (χ1n) is 11.0. The Bertz CT molecular complexity index is 1290. The minimum Gasteiger partial charge on any atom is -0.489 e. The van der Waals surface area contributed by atoms with E-state index >= 15 is 4.39 Å². The molecule has 32 heavy (non-hydrogen) atoms. The van der Waals surface area contributed by atoms with Crippen molar-refractivity contribution in [2.24, 2.45) is 7.05 Å². The third-order valence-electron chi connectivity index (χ3n) is 5.74.